The van der Waals surface area contributed by atoms with Gasteiger partial charge in [0.25, 0.3) is 0 Å². The van der Waals surface area contributed by atoms with Crippen LogP contribution in [0.25, 0.3) is 11.3 Å². The molecule has 0 spiro atoms. The average molecular weight is 494 g/mol. The van der Waals surface area contributed by atoms with Crippen LogP contribution in [0.2, 0.25) is 5.02 Å². The summed E-state index contributed by atoms with van der Waals surface area (Å²) in [5.41, 5.74) is 1.74. The third-order valence-electron chi connectivity index (χ3n) is 6.24. The number of carbonyl (C=O) groups is 1. The number of aromatic nitrogens is 2. The molecule has 2 aromatic rings. The van der Waals surface area contributed by atoms with Gasteiger partial charge in [-0.3, -0.25) is 4.79 Å². The third-order valence-corrected chi connectivity index (χ3v) is 7.34. The van der Waals surface area contributed by atoms with E-state index in [0.717, 1.165) is 80.5 Å². The Labute approximate surface area is 203 Å². The number of rotatable bonds is 9. The van der Waals surface area contributed by atoms with Crippen molar-refractivity contribution in [3.8, 4) is 11.3 Å². The molecule has 2 aliphatic rings. The highest BCUT2D eigenvalue weighted by atomic mass is 35.5. The monoisotopic (exact) mass is 493 g/mol. The standard InChI is InChI=1S/C23H32ClN5O3S/c1-31-13-22(30)28-17-4-2-16(3-5-17)27-21-10-18(19(24)12-25-21)20-14-33-23(29-20)26-11-15-6-8-32-9-7-15/h10,12,14-17H,2-9,11,13H2,1H3,(H,25,27)(H,26,29)(H,28,30). The van der Waals surface area contributed by atoms with Gasteiger partial charge in [0.2, 0.25) is 5.91 Å². The van der Waals surface area contributed by atoms with Crippen LogP contribution in [0.3, 0.4) is 0 Å². The summed E-state index contributed by atoms with van der Waals surface area (Å²) in [4.78, 5) is 20.9. The van der Waals surface area contributed by atoms with Gasteiger partial charge in [-0.2, -0.15) is 0 Å². The van der Waals surface area contributed by atoms with Gasteiger partial charge in [-0.15, -0.1) is 11.3 Å². The summed E-state index contributed by atoms with van der Waals surface area (Å²) in [7, 11) is 1.53. The molecule has 1 saturated carbocycles. The Hall–Kier alpha value is -1.94. The summed E-state index contributed by atoms with van der Waals surface area (Å²) in [5.74, 6) is 1.38. The lowest BCUT2D eigenvalue weighted by molar-refractivity contribution is -0.125. The lowest BCUT2D eigenvalue weighted by Crippen LogP contribution is -2.41. The van der Waals surface area contributed by atoms with Crippen LogP contribution in [0.5, 0.6) is 0 Å². The number of nitrogens with zero attached hydrogens (tertiary/aromatic N) is 2. The summed E-state index contributed by atoms with van der Waals surface area (Å²) >= 11 is 8.06. The minimum absolute atomic E-state index is 0.0530. The molecular formula is C23H32ClN5O3S. The van der Waals surface area contributed by atoms with Crippen molar-refractivity contribution in [2.45, 2.75) is 50.6 Å². The fraction of sp³-hybridized carbons (Fsp3) is 0.609. The SMILES string of the molecule is COCC(=O)NC1CCC(Nc2cc(-c3csc(NCC4CCOCC4)n3)c(Cl)cn2)CC1. The number of ether oxygens (including phenoxy) is 2. The zero-order valence-corrected chi connectivity index (χ0v) is 20.5. The van der Waals surface area contributed by atoms with Crippen molar-refractivity contribution in [2.75, 3.05) is 44.1 Å². The second kappa shape index (κ2) is 12.0. The maximum absolute atomic E-state index is 11.7. The predicted octanol–water partition coefficient (Wildman–Crippen LogP) is 4.18. The van der Waals surface area contributed by atoms with Gasteiger partial charge in [0.05, 0.1) is 10.7 Å². The largest absolute Gasteiger partial charge is 0.381 e. The van der Waals surface area contributed by atoms with E-state index in [0.29, 0.717) is 17.0 Å². The zero-order chi connectivity index (χ0) is 23.0. The van der Waals surface area contributed by atoms with Gasteiger partial charge in [0.1, 0.15) is 12.4 Å². The van der Waals surface area contributed by atoms with E-state index in [1.807, 2.05) is 11.4 Å². The number of carbonyl (C=O) groups excluding carboxylic acids is 1. The van der Waals surface area contributed by atoms with Crippen LogP contribution in [0.1, 0.15) is 38.5 Å². The molecule has 33 heavy (non-hydrogen) atoms. The molecule has 8 nitrogen and oxygen atoms in total. The fourth-order valence-electron chi connectivity index (χ4n) is 4.37. The van der Waals surface area contributed by atoms with Crippen molar-refractivity contribution >= 4 is 39.8 Å². The van der Waals surface area contributed by atoms with E-state index in [1.54, 1.807) is 17.5 Å². The number of methoxy groups -OCH3 is 1. The van der Waals surface area contributed by atoms with E-state index >= 15 is 0 Å². The van der Waals surface area contributed by atoms with Crippen LogP contribution in [-0.2, 0) is 14.3 Å². The molecule has 0 atom stereocenters. The maximum Gasteiger partial charge on any atom is 0.246 e. The number of thiazole rings is 1. The molecule has 180 valence electrons. The average Bonchev–Trinajstić information content (AvgIpc) is 3.30. The molecule has 3 heterocycles. The molecule has 2 fully saturated rings. The predicted molar refractivity (Wildman–Crippen MR) is 132 cm³/mol. The Kier molecular flexibility index (Phi) is 8.77. The van der Waals surface area contributed by atoms with Gasteiger partial charge in [-0.1, -0.05) is 11.6 Å². The number of pyridine rings is 1. The van der Waals surface area contributed by atoms with Gasteiger partial charge < -0.3 is 25.4 Å². The molecule has 2 aromatic heterocycles. The topological polar surface area (TPSA) is 97.4 Å². The fourth-order valence-corrected chi connectivity index (χ4v) is 5.29. The second-order valence-electron chi connectivity index (χ2n) is 8.72. The van der Waals surface area contributed by atoms with E-state index in [4.69, 9.17) is 26.1 Å². The molecule has 0 radical (unpaired) electrons. The summed E-state index contributed by atoms with van der Waals surface area (Å²) in [5, 5.41) is 13.6. The molecule has 0 aromatic carbocycles. The van der Waals surface area contributed by atoms with Crippen molar-refractivity contribution in [2.24, 2.45) is 5.92 Å². The van der Waals surface area contributed by atoms with Gasteiger partial charge in [-0.25, -0.2) is 9.97 Å². The number of hydrogen-bond acceptors (Lipinski definition) is 8. The minimum Gasteiger partial charge on any atom is -0.381 e. The first-order valence-corrected chi connectivity index (χ1v) is 12.8. The van der Waals surface area contributed by atoms with Crippen LogP contribution >= 0.6 is 22.9 Å². The molecular weight excluding hydrogens is 462 g/mol. The first-order chi connectivity index (χ1) is 16.1. The Morgan fingerprint density at radius 1 is 1.21 bits per heavy atom. The third kappa shape index (κ3) is 7.02. The lowest BCUT2D eigenvalue weighted by atomic mass is 9.91. The molecule has 3 N–H and O–H groups in total. The normalized spacial score (nSPS) is 21.5. The zero-order valence-electron chi connectivity index (χ0n) is 18.9. The van der Waals surface area contributed by atoms with Crippen LogP contribution in [0, 0.1) is 5.92 Å². The van der Waals surface area contributed by atoms with Gasteiger partial charge in [0, 0.05) is 56.1 Å². The first kappa shape index (κ1) is 24.2. The highest BCUT2D eigenvalue weighted by Gasteiger charge is 2.23. The highest BCUT2D eigenvalue weighted by molar-refractivity contribution is 7.14. The summed E-state index contributed by atoms with van der Waals surface area (Å²) < 4.78 is 10.3. The van der Waals surface area contributed by atoms with Crippen molar-refractivity contribution in [3.63, 3.8) is 0 Å². The van der Waals surface area contributed by atoms with Crippen LogP contribution in [0.4, 0.5) is 10.9 Å². The van der Waals surface area contributed by atoms with E-state index in [1.165, 1.54) is 7.11 Å². The molecule has 1 saturated heterocycles. The first-order valence-electron chi connectivity index (χ1n) is 11.6. The van der Waals surface area contributed by atoms with Crippen molar-refractivity contribution in [3.05, 3.63) is 22.7 Å². The van der Waals surface area contributed by atoms with Crippen molar-refractivity contribution in [1.29, 1.82) is 0 Å². The Bertz CT molecular complexity index is 913. The maximum atomic E-state index is 11.7. The minimum atomic E-state index is -0.0530. The molecule has 10 heteroatoms. The molecule has 0 bridgehead atoms. The molecule has 4 rings (SSSR count). The van der Waals surface area contributed by atoms with Gasteiger partial charge in [0.15, 0.2) is 5.13 Å². The summed E-state index contributed by atoms with van der Waals surface area (Å²) in [6.07, 6.45) is 7.67. The number of nitrogens with one attached hydrogen (secondary N) is 3. The van der Waals surface area contributed by atoms with Crippen LogP contribution in [-0.4, -0.2) is 61.4 Å². The summed E-state index contributed by atoms with van der Waals surface area (Å²) in [6.45, 7) is 2.73. The molecule has 1 amide bonds. The summed E-state index contributed by atoms with van der Waals surface area (Å²) in [6, 6.07) is 2.50. The van der Waals surface area contributed by atoms with Gasteiger partial charge in [-0.05, 0) is 50.5 Å². The molecule has 0 unspecified atom stereocenters. The Morgan fingerprint density at radius 2 is 1.97 bits per heavy atom. The van der Waals surface area contributed by atoms with E-state index in [-0.39, 0.29) is 18.6 Å². The number of anilines is 2. The molecule has 1 aliphatic heterocycles. The second-order valence-corrected chi connectivity index (χ2v) is 9.98. The lowest BCUT2D eigenvalue weighted by Gasteiger charge is -2.30. The van der Waals surface area contributed by atoms with Gasteiger partial charge >= 0.3 is 0 Å². The van der Waals surface area contributed by atoms with Crippen LogP contribution in [0.15, 0.2) is 17.6 Å². The highest BCUT2D eigenvalue weighted by Crippen LogP contribution is 2.33. The quantitative estimate of drug-likeness (QED) is 0.482. The number of hydrogen-bond donors (Lipinski definition) is 3. The van der Waals surface area contributed by atoms with Crippen LogP contribution < -0.4 is 16.0 Å². The Balaban J connectivity index is 1.31. The Morgan fingerprint density at radius 3 is 2.73 bits per heavy atom. The van der Waals surface area contributed by atoms with Crippen molar-refractivity contribution < 1.29 is 14.3 Å². The smallest absolute Gasteiger partial charge is 0.246 e. The number of amides is 1. The van der Waals surface area contributed by atoms with E-state index < -0.39 is 0 Å². The van der Waals surface area contributed by atoms with Crippen molar-refractivity contribution in [1.82, 2.24) is 15.3 Å². The van der Waals surface area contributed by atoms with E-state index in [9.17, 15) is 4.79 Å². The van der Waals surface area contributed by atoms with E-state index in [2.05, 4.69) is 20.9 Å². The number of halogens is 1. The molecule has 1 aliphatic carbocycles.